The van der Waals surface area contributed by atoms with Crippen molar-refractivity contribution in [1.82, 2.24) is 24.9 Å². The van der Waals surface area contributed by atoms with E-state index < -0.39 is 5.97 Å². The Balaban J connectivity index is 1.32. The zero-order chi connectivity index (χ0) is 22.1. The second-order valence-corrected chi connectivity index (χ2v) is 7.89. The highest BCUT2D eigenvalue weighted by molar-refractivity contribution is 6.08. The average molecular weight is 430 g/mol. The number of nitrogens with zero attached hydrogens (tertiary/aromatic N) is 4. The zero-order valence-corrected chi connectivity index (χ0v) is 17.3. The predicted octanol–water partition coefficient (Wildman–Crippen LogP) is 3.12. The van der Waals surface area contributed by atoms with Gasteiger partial charge in [0.15, 0.2) is 11.5 Å². The number of rotatable bonds is 5. The summed E-state index contributed by atoms with van der Waals surface area (Å²) < 4.78 is 1.95. The highest BCUT2D eigenvalue weighted by Gasteiger charge is 2.19. The number of H-pyrrole nitrogens is 1. The summed E-state index contributed by atoms with van der Waals surface area (Å²) in [5.41, 5.74) is 3.11. The molecule has 0 radical (unpaired) electrons. The van der Waals surface area contributed by atoms with Gasteiger partial charge in [0, 0.05) is 43.2 Å². The molecule has 0 fully saturated rings. The molecule has 4 aromatic rings. The van der Waals surface area contributed by atoms with Crippen LogP contribution in [0.5, 0.6) is 0 Å². The number of aromatic amines is 1. The smallest absolute Gasteiger partial charge is 0.357 e. The van der Waals surface area contributed by atoms with Crippen molar-refractivity contribution in [3.8, 4) is 0 Å². The van der Waals surface area contributed by atoms with E-state index in [0.717, 1.165) is 38.3 Å². The average Bonchev–Trinajstić information content (AvgIpc) is 3.33. The van der Waals surface area contributed by atoms with Gasteiger partial charge in [-0.15, -0.1) is 0 Å². The minimum atomic E-state index is -1.15. The summed E-state index contributed by atoms with van der Waals surface area (Å²) in [5.74, 6) is -1.01. The third-order valence-corrected chi connectivity index (χ3v) is 5.61. The lowest BCUT2D eigenvalue weighted by molar-refractivity contribution is 0.0692. The fourth-order valence-electron chi connectivity index (χ4n) is 4.07. The number of fused-ring (bicyclic) bond motifs is 2. The quantitative estimate of drug-likeness (QED) is 0.448. The molecule has 162 valence electrons. The van der Waals surface area contributed by atoms with Gasteiger partial charge >= 0.3 is 5.97 Å². The molecular weight excluding hydrogens is 408 g/mol. The van der Waals surface area contributed by atoms with Gasteiger partial charge < -0.3 is 10.4 Å². The van der Waals surface area contributed by atoms with Gasteiger partial charge in [0.2, 0.25) is 0 Å². The van der Waals surface area contributed by atoms with Crippen LogP contribution in [0.1, 0.15) is 38.5 Å². The van der Waals surface area contributed by atoms with Crippen LogP contribution < -0.4 is 5.32 Å². The molecular formula is C23H22N6O3. The van der Waals surface area contributed by atoms with Crippen LogP contribution in [0.2, 0.25) is 0 Å². The number of carboxylic acid groups (broad SMARTS) is 1. The minimum Gasteiger partial charge on any atom is -0.476 e. The van der Waals surface area contributed by atoms with Gasteiger partial charge in [0.1, 0.15) is 0 Å². The third kappa shape index (κ3) is 3.97. The standard InChI is InChI=1S/C23H22N6O3/c30-22(16-7-8-19-18(11-16)21(23(31)32)26-25-19)24-20-12-17-14-28(9-4-10-29(17)27-20)13-15-5-2-1-3-6-15/h1-3,5-8,11-12H,4,9-10,13-14H2,(H,25,26)(H,31,32)(H,24,27,30). The first-order valence-corrected chi connectivity index (χ1v) is 10.4. The van der Waals surface area contributed by atoms with Crippen LogP contribution >= 0.6 is 0 Å². The maximum atomic E-state index is 12.8. The first-order chi connectivity index (χ1) is 15.6. The number of aryl methyl sites for hydroxylation is 1. The number of carboxylic acids is 1. The maximum Gasteiger partial charge on any atom is 0.357 e. The summed E-state index contributed by atoms with van der Waals surface area (Å²) in [6, 6.07) is 17.1. The Labute approximate surface area is 183 Å². The van der Waals surface area contributed by atoms with Crippen molar-refractivity contribution in [1.29, 1.82) is 0 Å². The van der Waals surface area contributed by atoms with E-state index in [1.165, 1.54) is 11.6 Å². The molecule has 3 N–H and O–H groups in total. The van der Waals surface area contributed by atoms with Crippen molar-refractivity contribution < 1.29 is 14.7 Å². The highest BCUT2D eigenvalue weighted by atomic mass is 16.4. The van der Waals surface area contributed by atoms with Crippen molar-refractivity contribution in [3.05, 3.63) is 77.1 Å². The molecule has 9 nitrogen and oxygen atoms in total. The Bertz CT molecular complexity index is 1290. The molecule has 1 aliphatic rings. The number of aromatic nitrogens is 4. The first kappa shape index (κ1) is 20.0. The van der Waals surface area contributed by atoms with E-state index in [9.17, 15) is 14.7 Å². The Morgan fingerprint density at radius 2 is 1.94 bits per heavy atom. The Hall–Kier alpha value is -3.98. The molecule has 9 heteroatoms. The molecule has 0 spiro atoms. The van der Waals surface area contributed by atoms with Crippen molar-refractivity contribution >= 4 is 28.6 Å². The van der Waals surface area contributed by atoms with Crippen LogP contribution in [0.15, 0.2) is 54.6 Å². The Kier molecular flexibility index (Phi) is 5.16. The lowest BCUT2D eigenvalue weighted by Crippen LogP contribution is -2.22. The summed E-state index contributed by atoms with van der Waals surface area (Å²) in [4.78, 5) is 26.5. The lowest BCUT2D eigenvalue weighted by Gasteiger charge is -2.19. The highest BCUT2D eigenvalue weighted by Crippen LogP contribution is 2.21. The first-order valence-electron chi connectivity index (χ1n) is 10.4. The molecule has 3 heterocycles. The normalized spacial score (nSPS) is 14.1. The van der Waals surface area contributed by atoms with E-state index in [0.29, 0.717) is 22.3 Å². The van der Waals surface area contributed by atoms with Crippen LogP contribution in [0.3, 0.4) is 0 Å². The molecule has 0 atom stereocenters. The van der Waals surface area contributed by atoms with Crippen molar-refractivity contribution in [2.75, 3.05) is 11.9 Å². The number of aromatic carboxylic acids is 1. The van der Waals surface area contributed by atoms with E-state index in [1.54, 1.807) is 12.1 Å². The van der Waals surface area contributed by atoms with E-state index in [-0.39, 0.29) is 11.6 Å². The molecule has 0 saturated carbocycles. The summed E-state index contributed by atoms with van der Waals surface area (Å²) in [6.45, 7) is 3.39. The lowest BCUT2D eigenvalue weighted by atomic mass is 10.1. The molecule has 2 aromatic heterocycles. The zero-order valence-electron chi connectivity index (χ0n) is 17.3. The van der Waals surface area contributed by atoms with Crippen molar-refractivity contribution in [3.63, 3.8) is 0 Å². The Morgan fingerprint density at radius 3 is 2.75 bits per heavy atom. The monoisotopic (exact) mass is 430 g/mol. The molecule has 2 aromatic carbocycles. The van der Waals surface area contributed by atoms with Crippen LogP contribution in [0, 0.1) is 0 Å². The number of nitrogens with one attached hydrogen (secondary N) is 2. The molecule has 5 rings (SSSR count). The minimum absolute atomic E-state index is 0.109. The largest absolute Gasteiger partial charge is 0.476 e. The van der Waals surface area contributed by atoms with E-state index >= 15 is 0 Å². The second-order valence-electron chi connectivity index (χ2n) is 7.89. The van der Waals surface area contributed by atoms with Crippen LogP contribution in [-0.4, -0.2) is 48.4 Å². The summed E-state index contributed by atoms with van der Waals surface area (Å²) in [7, 11) is 0. The van der Waals surface area contributed by atoms with Crippen LogP contribution in [0.4, 0.5) is 5.82 Å². The molecule has 32 heavy (non-hydrogen) atoms. The number of carbonyl (C=O) groups is 2. The SMILES string of the molecule is O=C(Nc1cc2n(n1)CCCN(Cc1ccccc1)C2)c1ccc2[nH]nc(C(=O)O)c2c1. The van der Waals surface area contributed by atoms with E-state index in [4.69, 9.17) is 0 Å². The van der Waals surface area contributed by atoms with Gasteiger partial charge in [-0.25, -0.2) is 4.79 Å². The summed E-state index contributed by atoms with van der Waals surface area (Å²) >= 11 is 0. The summed E-state index contributed by atoms with van der Waals surface area (Å²) in [5, 5.41) is 23.5. The summed E-state index contributed by atoms with van der Waals surface area (Å²) in [6.07, 6.45) is 0.976. The van der Waals surface area contributed by atoms with E-state index in [2.05, 4.69) is 37.6 Å². The Morgan fingerprint density at radius 1 is 1.09 bits per heavy atom. The van der Waals surface area contributed by atoms with E-state index in [1.807, 2.05) is 28.9 Å². The number of carbonyl (C=O) groups excluding carboxylic acids is 1. The van der Waals surface area contributed by atoms with Gasteiger partial charge in [-0.1, -0.05) is 30.3 Å². The topological polar surface area (TPSA) is 116 Å². The number of anilines is 1. The van der Waals surface area contributed by atoms with Crippen molar-refractivity contribution in [2.24, 2.45) is 0 Å². The molecule has 0 saturated heterocycles. The van der Waals surface area contributed by atoms with Gasteiger partial charge in [0.05, 0.1) is 11.2 Å². The number of benzene rings is 2. The van der Waals surface area contributed by atoms with Crippen molar-refractivity contribution in [2.45, 2.75) is 26.1 Å². The van der Waals surface area contributed by atoms with Gasteiger partial charge in [0.25, 0.3) is 5.91 Å². The van der Waals surface area contributed by atoms with Crippen LogP contribution in [-0.2, 0) is 19.6 Å². The number of amides is 1. The molecule has 0 bridgehead atoms. The van der Waals surface area contributed by atoms with Crippen LogP contribution in [0.25, 0.3) is 10.9 Å². The maximum absolute atomic E-state index is 12.8. The van der Waals surface area contributed by atoms with Gasteiger partial charge in [-0.05, 0) is 30.2 Å². The predicted molar refractivity (Wildman–Crippen MR) is 118 cm³/mol. The fourth-order valence-corrected chi connectivity index (χ4v) is 4.07. The third-order valence-electron chi connectivity index (χ3n) is 5.61. The number of hydrogen-bond acceptors (Lipinski definition) is 5. The second kappa shape index (κ2) is 8.27. The van der Waals surface area contributed by atoms with Gasteiger partial charge in [-0.2, -0.15) is 10.2 Å². The molecule has 0 aliphatic carbocycles. The fraction of sp³-hybridized carbons (Fsp3) is 0.217. The number of hydrogen-bond donors (Lipinski definition) is 3. The molecule has 1 amide bonds. The molecule has 1 aliphatic heterocycles. The molecule has 0 unspecified atom stereocenters. The van der Waals surface area contributed by atoms with Gasteiger partial charge in [-0.3, -0.25) is 19.5 Å².